The van der Waals surface area contributed by atoms with Crippen molar-refractivity contribution in [3.05, 3.63) is 54.6 Å². The SMILES string of the molecule is O=c1[nH]c(C[C@@H](NCc2ccc(Cl)c(Cl)c2)OCCO)nc2c(Br)[nH]nc12. The number of halogens is 3. The van der Waals surface area contributed by atoms with E-state index in [0.29, 0.717) is 32.5 Å². The average molecular weight is 477 g/mol. The van der Waals surface area contributed by atoms with Gasteiger partial charge in [-0.15, -0.1) is 0 Å². The van der Waals surface area contributed by atoms with Crippen molar-refractivity contribution in [2.45, 2.75) is 19.2 Å². The first kappa shape index (κ1) is 20.2. The highest BCUT2D eigenvalue weighted by Gasteiger charge is 2.15. The molecule has 1 aromatic carbocycles. The molecule has 0 saturated heterocycles. The van der Waals surface area contributed by atoms with E-state index < -0.39 is 6.23 Å². The highest BCUT2D eigenvalue weighted by molar-refractivity contribution is 9.10. The second-order valence-corrected chi connectivity index (χ2v) is 7.27. The Morgan fingerprint density at radius 2 is 2.11 bits per heavy atom. The van der Waals surface area contributed by atoms with Gasteiger partial charge in [0.2, 0.25) is 0 Å². The van der Waals surface area contributed by atoms with E-state index in [4.69, 9.17) is 33.0 Å². The molecule has 4 N–H and O–H groups in total. The molecule has 11 heteroatoms. The summed E-state index contributed by atoms with van der Waals surface area (Å²) in [5, 5.41) is 19.8. The van der Waals surface area contributed by atoms with Crippen LogP contribution in [-0.2, 0) is 17.7 Å². The fourth-order valence-corrected chi connectivity index (χ4v) is 3.15. The first-order chi connectivity index (χ1) is 13.0. The van der Waals surface area contributed by atoms with E-state index in [1.54, 1.807) is 12.1 Å². The van der Waals surface area contributed by atoms with Crippen LogP contribution in [0.4, 0.5) is 0 Å². The highest BCUT2D eigenvalue weighted by atomic mass is 79.9. The number of ether oxygens (including phenoxy) is 1. The van der Waals surface area contributed by atoms with Crippen LogP contribution in [0.5, 0.6) is 0 Å². The Labute approximate surface area is 172 Å². The number of aromatic nitrogens is 4. The normalized spacial score (nSPS) is 12.6. The Morgan fingerprint density at radius 3 is 2.85 bits per heavy atom. The summed E-state index contributed by atoms with van der Waals surface area (Å²) in [6.45, 7) is 0.469. The summed E-state index contributed by atoms with van der Waals surface area (Å²) in [7, 11) is 0. The van der Waals surface area contributed by atoms with Gasteiger partial charge in [0, 0.05) is 13.0 Å². The fraction of sp³-hybridized carbons (Fsp3) is 0.312. The zero-order valence-electron chi connectivity index (χ0n) is 13.9. The van der Waals surface area contributed by atoms with Crippen molar-refractivity contribution in [2.75, 3.05) is 13.2 Å². The number of benzene rings is 1. The van der Waals surface area contributed by atoms with Gasteiger partial charge in [0.1, 0.15) is 22.2 Å². The molecular formula is C16H16BrCl2N5O3. The van der Waals surface area contributed by atoms with Gasteiger partial charge in [-0.1, -0.05) is 29.3 Å². The van der Waals surface area contributed by atoms with Crippen molar-refractivity contribution in [3.63, 3.8) is 0 Å². The van der Waals surface area contributed by atoms with Gasteiger partial charge in [0.15, 0.2) is 5.52 Å². The van der Waals surface area contributed by atoms with Crippen LogP contribution in [0.3, 0.4) is 0 Å². The number of H-pyrrole nitrogens is 2. The maximum Gasteiger partial charge on any atom is 0.279 e. The smallest absolute Gasteiger partial charge is 0.279 e. The number of aliphatic hydroxyl groups is 1. The molecule has 1 atom stereocenters. The topological polar surface area (TPSA) is 116 Å². The quantitative estimate of drug-likeness (QED) is 0.371. The first-order valence-corrected chi connectivity index (χ1v) is 9.55. The largest absolute Gasteiger partial charge is 0.394 e. The summed E-state index contributed by atoms with van der Waals surface area (Å²) >= 11 is 15.2. The lowest BCUT2D eigenvalue weighted by molar-refractivity contribution is 0.00742. The van der Waals surface area contributed by atoms with E-state index in [9.17, 15) is 4.79 Å². The zero-order chi connectivity index (χ0) is 19.4. The van der Waals surface area contributed by atoms with E-state index in [1.165, 1.54) is 0 Å². The maximum atomic E-state index is 12.1. The van der Waals surface area contributed by atoms with E-state index in [2.05, 4.69) is 41.4 Å². The monoisotopic (exact) mass is 475 g/mol. The van der Waals surface area contributed by atoms with E-state index >= 15 is 0 Å². The Bertz CT molecular complexity index is 994. The van der Waals surface area contributed by atoms with E-state index in [-0.39, 0.29) is 30.7 Å². The van der Waals surface area contributed by atoms with Crippen LogP contribution in [0.2, 0.25) is 10.0 Å². The molecule has 0 aliphatic heterocycles. The molecule has 8 nitrogen and oxygen atoms in total. The maximum absolute atomic E-state index is 12.1. The Hall–Kier alpha value is -1.49. The zero-order valence-corrected chi connectivity index (χ0v) is 17.0. The van der Waals surface area contributed by atoms with Gasteiger partial charge in [-0.2, -0.15) is 5.10 Å². The Balaban J connectivity index is 1.75. The number of aromatic amines is 2. The lowest BCUT2D eigenvalue weighted by Gasteiger charge is -2.19. The summed E-state index contributed by atoms with van der Waals surface area (Å²) < 4.78 is 6.15. The summed E-state index contributed by atoms with van der Waals surface area (Å²) in [4.78, 5) is 19.2. The number of aliphatic hydroxyl groups excluding tert-OH is 1. The number of nitrogens with zero attached hydrogens (tertiary/aromatic N) is 2. The molecule has 3 rings (SSSR count). The van der Waals surface area contributed by atoms with Crippen molar-refractivity contribution in [2.24, 2.45) is 0 Å². The molecule has 0 saturated carbocycles. The summed E-state index contributed by atoms with van der Waals surface area (Å²) in [6.07, 6.45) is -0.206. The van der Waals surface area contributed by atoms with Gasteiger partial charge in [-0.3, -0.25) is 15.2 Å². The molecule has 0 spiro atoms. The third-order valence-corrected chi connectivity index (χ3v) is 5.02. The Kier molecular flexibility index (Phi) is 6.85. The fourth-order valence-electron chi connectivity index (χ4n) is 2.47. The van der Waals surface area contributed by atoms with Crippen molar-refractivity contribution in [3.8, 4) is 0 Å². The van der Waals surface area contributed by atoms with E-state index in [0.717, 1.165) is 5.56 Å². The molecule has 27 heavy (non-hydrogen) atoms. The third kappa shape index (κ3) is 5.07. The number of hydrogen-bond acceptors (Lipinski definition) is 6. The van der Waals surface area contributed by atoms with Crippen LogP contribution < -0.4 is 10.9 Å². The van der Waals surface area contributed by atoms with Gasteiger partial charge in [-0.25, -0.2) is 4.98 Å². The number of rotatable bonds is 8. The number of hydrogen-bond donors (Lipinski definition) is 4. The van der Waals surface area contributed by atoms with Crippen molar-refractivity contribution >= 4 is 50.2 Å². The van der Waals surface area contributed by atoms with Crippen LogP contribution in [0.15, 0.2) is 27.6 Å². The van der Waals surface area contributed by atoms with Gasteiger partial charge < -0.3 is 14.8 Å². The summed E-state index contributed by atoms with van der Waals surface area (Å²) in [5.41, 5.74) is 1.24. The molecule has 0 radical (unpaired) electrons. The number of nitrogens with one attached hydrogen (secondary N) is 3. The molecule has 0 aliphatic rings. The average Bonchev–Trinajstić information content (AvgIpc) is 3.02. The van der Waals surface area contributed by atoms with Crippen molar-refractivity contribution in [1.82, 2.24) is 25.5 Å². The predicted molar refractivity (Wildman–Crippen MR) is 106 cm³/mol. The van der Waals surface area contributed by atoms with Gasteiger partial charge in [0.25, 0.3) is 5.56 Å². The third-order valence-electron chi connectivity index (χ3n) is 3.72. The Morgan fingerprint density at radius 1 is 1.30 bits per heavy atom. The molecule has 144 valence electrons. The molecule has 0 unspecified atom stereocenters. The van der Waals surface area contributed by atoms with Crippen LogP contribution >= 0.6 is 39.1 Å². The molecule has 2 heterocycles. The van der Waals surface area contributed by atoms with E-state index in [1.807, 2.05) is 6.07 Å². The second kappa shape index (κ2) is 9.13. The molecular weight excluding hydrogens is 461 g/mol. The van der Waals surface area contributed by atoms with Crippen molar-refractivity contribution < 1.29 is 9.84 Å². The number of fused-ring (bicyclic) bond motifs is 1. The standard InChI is InChI=1S/C16H16BrCl2N5O3/c17-15-13-14(23-24-15)16(26)22-11(21-13)6-12(27-4-3-25)20-7-8-1-2-9(18)10(19)5-8/h1-2,5,12,20,25H,3-4,6-7H2,(H,23,24)(H,21,22,26)/t12-/m0/s1. The second-order valence-electron chi connectivity index (χ2n) is 5.66. The highest BCUT2D eigenvalue weighted by Crippen LogP contribution is 2.22. The van der Waals surface area contributed by atoms with Crippen molar-refractivity contribution in [1.29, 1.82) is 0 Å². The molecule has 0 bridgehead atoms. The minimum atomic E-state index is -0.488. The summed E-state index contributed by atoms with van der Waals surface area (Å²) in [5.74, 6) is 0.430. The first-order valence-electron chi connectivity index (χ1n) is 8.00. The molecule has 0 aliphatic carbocycles. The van der Waals surface area contributed by atoms with Crippen LogP contribution in [0.25, 0.3) is 11.0 Å². The van der Waals surface area contributed by atoms with Crippen LogP contribution in [-0.4, -0.2) is 44.7 Å². The van der Waals surface area contributed by atoms with Gasteiger partial charge in [0.05, 0.1) is 23.3 Å². The van der Waals surface area contributed by atoms with Gasteiger partial charge >= 0.3 is 0 Å². The minimum absolute atomic E-state index is 0.124. The predicted octanol–water partition coefficient (Wildman–Crippen LogP) is 2.38. The lowest BCUT2D eigenvalue weighted by atomic mass is 10.2. The molecule has 0 amide bonds. The van der Waals surface area contributed by atoms with Crippen LogP contribution in [0, 0.1) is 0 Å². The lowest BCUT2D eigenvalue weighted by Crippen LogP contribution is -2.35. The minimum Gasteiger partial charge on any atom is -0.394 e. The van der Waals surface area contributed by atoms with Crippen LogP contribution in [0.1, 0.15) is 11.4 Å². The van der Waals surface area contributed by atoms with Gasteiger partial charge in [-0.05, 0) is 33.6 Å². The molecule has 3 aromatic rings. The molecule has 2 aromatic heterocycles. The summed E-state index contributed by atoms with van der Waals surface area (Å²) in [6, 6.07) is 5.32. The molecule has 0 fully saturated rings.